The Hall–Kier alpha value is -1.01. The van der Waals surface area contributed by atoms with Gasteiger partial charge in [-0.25, -0.2) is 0 Å². The SMILES string of the molecule is N#CC1(c2ccc(O)c(Br)c2)CCC1. The largest absolute Gasteiger partial charge is 0.507 e. The van der Waals surface area contributed by atoms with Crippen LogP contribution in [0.15, 0.2) is 22.7 Å². The van der Waals surface area contributed by atoms with Crippen LogP contribution in [0.2, 0.25) is 0 Å². The van der Waals surface area contributed by atoms with Gasteiger partial charge in [0, 0.05) is 0 Å². The number of hydrogen-bond acceptors (Lipinski definition) is 2. The van der Waals surface area contributed by atoms with Crippen LogP contribution in [0.3, 0.4) is 0 Å². The van der Waals surface area contributed by atoms with E-state index in [1.807, 2.05) is 12.1 Å². The zero-order chi connectivity index (χ0) is 10.2. The highest BCUT2D eigenvalue weighted by Gasteiger charge is 2.39. The van der Waals surface area contributed by atoms with Crippen LogP contribution in [0.1, 0.15) is 24.8 Å². The molecule has 0 bridgehead atoms. The maximum absolute atomic E-state index is 9.34. The van der Waals surface area contributed by atoms with Crippen LogP contribution in [0, 0.1) is 11.3 Å². The van der Waals surface area contributed by atoms with E-state index in [0.29, 0.717) is 4.47 Å². The second kappa shape index (κ2) is 3.29. The summed E-state index contributed by atoms with van der Waals surface area (Å²) in [5.74, 6) is 0.223. The molecule has 72 valence electrons. The monoisotopic (exact) mass is 251 g/mol. The van der Waals surface area contributed by atoms with E-state index < -0.39 is 0 Å². The number of phenolic OH excluding ortho intramolecular Hbond substituents is 1. The fraction of sp³-hybridized carbons (Fsp3) is 0.364. The molecule has 2 rings (SSSR count). The molecule has 1 saturated carbocycles. The van der Waals surface area contributed by atoms with E-state index >= 15 is 0 Å². The molecule has 0 spiro atoms. The van der Waals surface area contributed by atoms with Gasteiger partial charge in [-0.2, -0.15) is 5.26 Å². The zero-order valence-corrected chi connectivity index (χ0v) is 9.21. The summed E-state index contributed by atoms with van der Waals surface area (Å²) in [6.07, 6.45) is 2.98. The Kier molecular flexibility index (Phi) is 2.24. The maximum atomic E-state index is 9.34. The first-order valence-electron chi connectivity index (χ1n) is 4.58. The molecule has 1 N–H and O–H groups in total. The Labute approximate surface area is 91.3 Å². The van der Waals surface area contributed by atoms with Crippen molar-refractivity contribution in [1.29, 1.82) is 5.26 Å². The van der Waals surface area contributed by atoms with Crippen LogP contribution in [0.5, 0.6) is 5.75 Å². The first-order chi connectivity index (χ1) is 6.68. The van der Waals surface area contributed by atoms with Gasteiger partial charge in [0.25, 0.3) is 0 Å². The van der Waals surface area contributed by atoms with E-state index in [4.69, 9.17) is 5.26 Å². The molecule has 2 nitrogen and oxygen atoms in total. The predicted octanol–water partition coefficient (Wildman–Crippen LogP) is 3.10. The van der Waals surface area contributed by atoms with Gasteiger partial charge in [0.2, 0.25) is 0 Å². The smallest absolute Gasteiger partial charge is 0.129 e. The van der Waals surface area contributed by atoms with Crippen molar-refractivity contribution in [2.24, 2.45) is 0 Å². The van der Waals surface area contributed by atoms with Gasteiger partial charge in [0.05, 0.1) is 16.0 Å². The number of phenols is 1. The van der Waals surface area contributed by atoms with E-state index in [0.717, 1.165) is 24.8 Å². The van der Waals surface area contributed by atoms with Crippen LogP contribution in [-0.4, -0.2) is 5.11 Å². The van der Waals surface area contributed by atoms with Gasteiger partial charge >= 0.3 is 0 Å². The number of nitrogens with zero attached hydrogens (tertiary/aromatic N) is 1. The van der Waals surface area contributed by atoms with Gasteiger partial charge in [0.1, 0.15) is 5.75 Å². The second-order valence-corrected chi connectivity index (χ2v) is 4.57. The molecule has 0 amide bonds. The van der Waals surface area contributed by atoms with Gasteiger partial charge in [-0.05, 0) is 52.9 Å². The number of aromatic hydroxyl groups is 1. The molecular formula is C11H10BrNO. The van der Waals surface area contributed by atoms with E-state index in [-0.39, 0.29) is 11.2 Å². The maximum Gasteiger partial charge on any atom is 0.129 e. The molecule has 0 saturated heterocycles. The van der Waals surface area contributed by atoms with Crippen LogP contribution in [0.4, 0.5) is 0 Å². The van der Waals surface area contributed by atoms with E-state index in [1.54, 1.807) is 6.07 Å². The number of nitriles is 1. The van der Waals surface area contributed by atoms with Crippen LogP contribution >= 0.6 is 15.9 Å². The number of benzene rings is 1. The van der Waals surface area contributed by atoms with Gasteiger partial charge in [-0.15, -0.1) is 0 Å². The molecule has 0 aliphatic heterocycles. The van der Waals surface area contributed by atoms with Crippen molar-refractivity contribution >= 4 is 15.9 Å². The molecule has 1 aliphatic rings. The van der Waals surface area contributed by atoms with E-state index in [2.05, 4.69) is 22.0 Å². The summed E-state index contributed by atoms with van der Waals surface area (Å²) in [5.41, 5.74) is 0.715. The standard InChI is InChI=1S/C11H10BrNO/c12-9-6-8(2-3-10(9)14)11(7-13)4-1-5-11/h2-3,6,14H,1,4-5H2. The molecule has 0 heterocycles. The average molecular weight is 252 g/mol. The summed E-state index contributed by atoms with van der Waals surface area (Å²) in [6, 6.07) is 7.69. The Morgan fingerprint density at radius 3 is 2.57 bits per heavy atom. The molecule has 0 atom stereocenters. The Morgan fingerprint density at radius 1 is 1.43 bits per heavy atom. The molecule has 3 heteroatoms. The molecule has 0 aromatic heterocycles. The molecule has 1 aliphatic carbocycles. The van der Waals surface area contributed by atoms with Crippen LogP contribution in [-0.2, 0) is 5.41 Å². The summed E-state index contributed by atoms with van der Waals surface area (Å²) in [5, 5.41) is 18.5. The summed E-state index contributed by atoms with van der Waals surface area (Å²) in [7, 11) is 0. The quantitative estimate of drug-likeness (QED) is 0.834. The van der Waals surface area contributed by atoms with Gasteiger partial charge in [-0.3, -0.25) is 0 Å². The third-order valence-corrected chi connectivity index (χ3v) is 3.56. The highest BCUT2D eigenvalue weighted by Crippen LogP contribution is 2.44. The van der Waals surface area contributed by atoms with Gasteiger partial charge in [0.15, 0.2) is 0 Å². The number of halogens is 1. The minimum absolute atomic E-state index is 0.223. The van der Waals surface area contributed by atoms with E-state index in [9.17, 15) is 5.11 Å². The molecule has 1 aromatic carbocycles. The first-order valence-corrected chi connectivity index (χ1v) is 5.37. The second-order valence-electron chi connectivity index (χ2n) is 3.71. The Morgan fingerprint density at radius 2 is 2.14 bits per heavy atom. The first kappa shape index (κ1) is 9.54. The predicted molar refractivity (Wildman–Crippen MR) is 56.9 cm³/mol. The topological polar surface area (TPSA) is 44.0 Å². The lowest BCUT2D eigenvalue weighted by Gasteiger charge is -2.35. The summed E-state index contributed by atoms with van der Waals surface area (Å²) in [6.45, 7) is 0. The van der Waals surface area contributed by atoms with Crippen molar-refractivity contribution in [3.63, 3.8) is 0 Å². The minimum atomic E-state index is -0.295. The lowest BCUT2D eigenvalue weighted by Crippen LogP contribution is -2.32. The van der Waals surface area contributed by atoms with Crippen molar-refractivity contribution in [2.75, 3.05) is 0 Å². The molecule has 14 heavy (non-hydrogen) atoms. The molecule has 0 unspecified atom stereocenters. The summed E-state index contributed by atoms with van der Waals surface area (Å²) < 4.78 is 0.663. The highest BCUT2D eigenvalue weighted by atomic mass is 79.9. The Balaban J connectivity index is 2.42. The minimum Gasteiger partial charge on any atom is -0.507 e. The highest BCUT2D eigenvalue weighted by molar-refractivity contribution is 9.10. The van der Waals surface area contributed by atoms with Crippen molar-refractivity contribution in [3.8, 4) is 11.8 Å². The number of hydrogen-bond donors (Lipinski definition) is 1. The molecule has 1 fully saturated rings. The summed E-state index contributed by atoms with van der Waals surface area (Å²) in [4.78, 5) is 0. The zero-order valence-electron chi connectivity index (χ0n) is 7.63. The lowest BCUT2D eigenvalue weighted by molar-refractivity contribution is 0.323. The number of rotatable bonds is 1. The van der Waals surface area contributed by atoms with Crippen LogP contribution < -0.4 is 0 Å². The fourth-order valence-corrected chi connectivity index (χ4v) is 2.18. The van der Waals surface area contributed by atoms with Crippen molar-refractivity contribution in [2.45, 2.75) is 24.7 Å². The molecule has 0 radical (unpaired) electrons. The Bertz CT molecular complexity index is 404. The normalized spacial score (nSPS) is 18.3. The lowest BCUT2D eigenvalue weighted by atomic mass is 9.65. The van der Waals surface area contributed by atoms with Gasteiger partial charge < -0.3 is 5.11 Å². The van der Waals surface area contributed by atoms with E-state index in [1.165, 1.54) is 0 Å². The van der Waals surface area contributed by atoms with Crippen molar-refractivity contribution < 1.29 is 5.11 Å². The van der Waals surface area contributed by atoms with Crippen molar-refractivity contribution in [1.82, 2.24) is 0 Å². The third kappa shape index (κ3) is 1.31. The van der Waals surface area contributed by atoms with Gasteiger partial charge in [-0.1, -0.05) is 6.07 Å². The third-order valence-electron chi connectivity index (χ3n) is 2.92. The average Bonchev–Trinajstić information content (AvgIpc) is 2.10. The molecule has 1 aromatic rings. The molecular weight excluding hydrogens is 242 g/mol. The van der Waals surface area contributed by atoms with Crippen LogP contribution in [0.25, 0.3) is 0 Å². The summed E-state index contributed by atoms with van der Waals surface area (Å²) >= 11 is 3.26. The fourth-order valence-electron chi connectivity index (χ4n) is 1.80. The van der Waals surface area contributed by atoms with Crippen molar-refractivity contribution in [3.05, 3.63) is 28.2 Å².